The molecule has 6 heteroatoms. The molecule has 1 aliphatic heterocycles. The van der Waals surface area contributed by atoms with E-state index in [2.05, 4.69) is 13.8 Å². The number of carbonyl (C=O) groups is 1. The molecule has 1 unspecified atom stereocenters. The molecule has 110 valence electrons. The highest BCUT2D eigenvalue weighted by Gasteiger charge is 2.40. The molecule has 0 aromatic heterocycles. The van der Waals surface area contributed by atoms with Crippen LogP contribution in [0.25, 0.3) is 0 Å². The average molecular weight is 297 g/mol. The fraction of sp³-hybridized carbons (Fsp3) is 0.500. The van der Waals surface area contributed by atoms with Crippen molar-refractivity contribution in [3.05, 3.63) is 29.8 Å². The van der Waals surface area contributed by atoms with Gasteiger partial charge in [0.1, 0.15) is 0 Å². The summed E-state index contributed by atoms with van der Waals surface area (Å²) in [6, 6.07) is 6.86. The molecule has 0 saturated carbocycles. The standard InChI is InChI=1S/C14H19NO4S/c1-3-10(2)11-4-6-13(7-5-11)20(18,19)15-8-12(9-15)14(16)17/h4-7,10,12H,3,8-9H2,1-2H3,(H,16,17). The SMILES string of the molecule is CCC(C)c1ccc(S(=O)(=O)N2CC(C(=O)O)C2)cc1. The Bertz CT molecular complexity index is 588. The van der Waals surface area contributed by atoms with Crippen LogP contribution in [-0.2, 0) is 14.8 Å². The predicted octanol–water partition coefficient (Wildman–Crippen LogP) is 1.91. The van der Waals surface area contributed by atoms with Gasteiger partial charge in [-0.3, -0.25) is 4.79 Å². The van der Waals surface area contributed by atoms with Crippen molar-refractivity contribution in [2.75, 3.05) is 13.1 Å². The first kappa shape index (κ1) is 15.0. The van der Waals surface area contributed by atoms with Crippen LogP contribution in [0.2, 0.25) is 0 Å². The van der Waals surface area contributed by atoms with Crippen LogP contribution in [0.15, 0.2) is 29.2 Å². The number of nitrogens with zero attached hydrogens (tertiary/aromatic N) is 1. The highest BCUT2D eigenvalue weighted by atomic mass is 32.2. The van der Waals surface area contributed by atoms with Gasteiger partial charge in [-0.15, -0.1) is 0 Å². The van der Waals surface area contributed by atoms with Gasteiger partial charge in [-0.2, -0.15) is 4.31 Å². The molecule has 0 amide bonds. The minimum Gasteiger partial charge on any atom is -0.481 e. The normalized spacial score (nSPS) is 18.5. The first-order valence-corrected chi connectivity index (χ1v) is 8.13. The van der Waals surface area contributed by atoms with Gasteiger partial charge in [0.05, 0.1) is 10.8 Å². The molecule has 1 fully saturated rings. The third kappa shape index (κ3) is 2.71. The maximum Gasteiger partial charge on any atom is 0.309 e. The molecule has 20 heavy (non-hydrogen) atoms. The van der Waals surface area contributed by atoms with Crippen molar-refractivity contribution in [1.82, 2.24) is 4.31 Å². The molecule has 1 aromatic rings. The van der Waals surface area contributed by atoms with Gasteiger partial charge in [-0.25, -0.2) is 8.42 Å². The quantitative estimate of drug-likeness (QED) is 0.901. The molecule has 0 spiro atoms. The van der Waals surface area contributed by atoms with Crippen LogP contribution in [0, 0.1) is 5.92 Å². The molecular weight excluding hydrogens is 278 g/mol. The van der Waals surface area contributed by atoms with Crippen LogP contribution in [0.4, 0.5) is 0 Å². The molecule has 0 bridgehead atoms. The predicted molar refractivity (Wildman–Crippen MR) is 75.0 cm³/mol. The van der Waals surface area contributed by atoms with E-state index >= 15 is 0 Å². The molecule has 1 N–H and O–H groups in total. The summed E-state index contributed by atoms with van der Waals surface area (Å²) in [7, 11) is -3.55. The summed E-state index contributed by atoms with van der Waals surface area (Å²) in [4.78, 5) is 11.0. The van der Waals surface area contributed by atoms with E-state index in [0.29, 0.717) is 5.92 Å². The second-order valence-electron chi connectivity index (χ2n) is 5.24. The van der Waals surface area contributed by atoms with E-state index in [9.17, 15) is 13.2 Å². The molecule has 1 atom stereocenters. The second kappa shape index (κ2) is 5.54. The molecule has 5 nitrogen and oxygen atoms in total. The molecule has 0 radical (unpaired) electrons. The van der Waals surface area contributed by atoms with Crippen LogP contribution < -0.4 is 0 Å². The number of rotatable bonds is 5. The van der Waals surface area contributed by atoms with Crippen molar-refractivity contribution in [3.8, 4) is 0 Å². The molecule has 1 saturated heterocycles. The van der Waals surface area contributed by atoms with Gasteiger partial charge in [-0.05, 0) is 30.0 Å². The van der Waals surface area contributed by atoms with Crippen LogP contribution >= 0.6 is 0 Å². The monoisotopic (exact) mass is 297 g/mol. The highest BCUT2D eigenvalue weighted by molar-refractivity contribution is 7.89. The van der Waals surface area contributed by atoms with Gasteiger partial charge >= 0.3 is 5.97 Å². The summed E-state index contributed by atoms with van der Waals surface area (Å²) in [5.41, 5.74) is 1.11. The van der Waals surface area contributed by atoms with Crippen molar-refractivity contribution < 1.29 is 18.3 Å². The lowest BCUT2D eigenvalue weighted by Crippen LogP contribution is -2.52. The van der Waals surface area contributed by atoms with E-state index in [4.69, 9.17) is 5.11 Å². The Labute approximate surface area is 119 Å². The topological polar surface area (TPSA) is 74.7 Å². The minimum absolute atomic E-state index is 0.0603. The molecule has 0 aliphatic carbocycles. The number of hydrogen-bond acceptors (Lipinski definition) is 3. The molecule has 1 aromatic carbocycles. The van der Waals surface area contributed by atoms with Crippen LogP contribution in [0.5, 0.6) is 0 Å². The Kier molecular flexibility index (Phi) is 4.15. The number of carboxylic acid groups (broad SMARTS) is 1. The smallest absolute Gasteiger partial charge is 0.309 e. The average Bonchev–Trinajstić information content (AvgIpc) is 2.35. The zero-order valence-corrected chi connectivity index (χ0v) is 12.4. The van der Waals surface area contributed by atoms with E-state index in [0.717, 1.165) is 12.0 Å². The maximum absolute atomic E-state index is 12.3. The Morgan fingerprint density at radius 1 is 1.35 bits per heavy atom. The zero-order valence-electron chi connectivity index (χ0n) is 11.6. The molecule has 1 aliphatic rings. The van der Waals surface area contributed by atoms with Gasteiger partial charge < -0.3 is 5.11 Å². The van der Waals surface area contributed by atoms with Crippen molar-refractivity contribution in [2.24, 2.45) is 5.92 Å². The summed E-state index contributed by atoms with van der Waals surface area (Å²) >= 11 is 0. The number of aliphatic carboxylic acids is 1. The van der Waals surface area contributed by atoms with E-state index in [1.54, 1.807) is 12.1 Å². The zero-order chi connectivity index (χ0) is 14.9. The van der Waals surface area contributed by atoms with Crippen molar-refractivity contribution in [2.45, 2.75) is 31.1 Å². The first-order valence-electron chi connectivity index (χ1n) is 6.69. The van der Waals surface area contributed by atoms with E-state index in [1.807, 2.05) is 12.1 Å². The summed E-state index contributed by atoms with van der Waals surface area (Å²) in [5.74, 6) is -1.13. The Morgan fingerprint density at radius 3 is 2.35 bits per heavy atom. The van der Waals surface area contributed by atoms with Crippen LogP contribution in [0.3, 0.4) is 0 Å². The summed E-state index contributed by atoms with van der Waals surface area (Å²) in [6.45, 7) is 4.30. The fourth-order valence-corrected chi connectivity index (χ4v) is 3.67. The second-order valence-corrected chi connectivity index (χ2v) is 7.17. The number of carboxylic acids is 1. The summed E-state index contributed by atoms with van der Waals surface area (Å²) in [5, 5.41) is 8.79. The minimum atomic E-state index is -3.55. The fourth-order valence-electron chi connectivity index (χ4n) is 2.14. The van der Waals surface area contributed by atoms with E-state index in [-0.39, 0.29) is 18.0 Å². The lowest BCUT2D eigenvalue weighted by molar-refractivity contribution is -0.145. The number of sulfonamides is 1. The molecule has 1 heterocycles. The lowest BCUT2D eigenvalue weighted by atomic mass is 9.99. The molecular formula is C14H19NO4S. The maximum atomic E-state index is 12.3. The lowest BCUT2D eigenvalue weighted by Gasteiger charge is -2.35. The van der Waals surface area contributed by atoms with Crippen molar-refractivity contribution in [3.63, 3.8) is 0 Å². The summed E-state index contributed by atoms with van der Waals surface area (Å²) < 4.78 is 25.7. The third-order valence-electron chi connectivity index (χ3n) is 3.90. The van der Waals surface area contributed by atoms with Crippen LogP contribution in [-0.4, -0.2) is 36.9 Å². The Balaban J connectivity index is 2.13. The Morgan fingerprint density at radius 2 is 1.90 bits per heavy atom. The van der Waals surface area contributed by atoms with Gasteiger partial charge in [0.2, 0.25) is 10.0 Å². The van der Waals surface area contributed by atoms with E-state index < -0.39 is 21.9 Å². The Hall–Kier alpha value is -1.40. The highest BCUT2D eigenvalue weighted by Crippen LogP contribution is 2.27. The summed E-state index contributed by atoms with van der Waals surface area (Å²) in [6.07, 6.45) is 0.999. The van der Waals surface area contributed by atoms with Crippen molar-refractivity contribution >= 4 is 16.0 Å². The third-order valence-corrected chi connectivity index (χ3v) is 5.74. The van der Waals surface area contributed by atoms with Crippen molar-refractivity contribution in [1.29, 1.82) is 0 Å². The molecule has 2 rings (SSSR count). The largest absolute Gasteiger partial charge is 0.481 e. The first-order chi connectivity index (χ1) is 9.36. The van der Waals surface area contributed by atoms with E-state index in [1.165, 1.54) is 4.31 Å². The number of benzene rings is 1. The number of hydrogen-bond donors (Lipinski definition) is 1. The van der Waals surface area contributed by atoms with Gasteiger partial charge in [0, 0.05) is 13.1 Å². The van der Waals surface area contributed by atoms with Gasteiger partial charge in [0.25, 0.3) is 0 Å². The van der Waals surface area contributed by atoms with Crippen LogP contribution in [0.1, 0.15) is 31.7 Å². The van der Waals surface area contributed by atoms with Gasteiger partial charge in [0.15, 0.2) is 0 Å². The van der Waals surface area contributed by atoms with Gasteiger partial charge in [-0.1, -0.05) is 26.0 Å².